The maximum Gasteiger partial charge on any atom is 0.235 e. The van der Waals surface area contributed by atoms with Gasteiger partial charge in [0, 0.05) is 39.9 Å². The van der Waals surface area contributed by atoms with E-state index < -0.39 is 0 Å². The van der Waals surface area contributed by atoms with E-state index in [1.807, 2.05) is 0 Å². The second-order valence-corrected chi connectivity index (χ2v) is 6.91. The van der Waals surface area contributed by atoms with Crippen LogP contribution in [-0.4, -0.2) is 57.6 Å². The molecule has 31 heavy (non-hydrogen) atoms. The summed E-state index contributed by atoms with van der Waals surface area (Å²) in [5, 5.41) is 10.8. The molecule has 0 saturated heterocycles. The molecule has 2 aromatic carbocycles. The summed E-state index contributed by atoms with van der Waals surface area (Å²) in [5.41, 5.74) is 0.517. The molecule has 3 aromatic rings. The van der Waals surface area contributed by atoms with Crippen LogP contribution >= 0.6 is 0 Å². The molecule has 0 atom stereocenters. The van der Waals surface area contributed by atoms with Crippen LogP contribution in [0.4, 0.5) is 0 Å². The molecule has 1 N–H and O–H groups in total. The van der Waals surface area contributed by atoms with Crippen LogP contribution < -0.4 is 14.9 Å². The molecule has 0 fully saturated rings. The standard InChI is InChI=1S/C23H27NO7/c1-27-11-9-24(10-12-28-2)14-19-20(25)8-7-18-22(26)21(15-30-23(18)19)31-17-6-4-5-16(13-17)29-3/h4-8,13,15,25H,9-12,14H2,1-3H3. The van der Waals surface area contributed by atoms with Crippen LogP contribution in [0.25, 0.3) is 11.0 Å². The third kappa shape index (κ3) is 5.55. The number of phenolic OH excluding ortho intramolecular Hbond substituents is 1. The number of phenols is 1. The maximum absolute atomic E-state index is 13.0. The van der Waals surface area contributed by atoms with Crippen LogP contribution in [-0.2, 0) is 16.0 Å². The Bertz CT molecular complexity index is 1060. The topological polar surface area (TPSA) is 90.6 Å². The predicted octanol–water partition coefficient (Wildman–Crippen LogP) is 3.39. The number of benzene rings is 2. The highest BCUT2D eigenvalue weighted by Crippen LogP contribution is 2.30. The van der Waals surface area contributed by atoms with Gasteiger partial charge in [0.1, 0.15) is 29.1 Å². The van der Waals surface area contributed by atoms with Crippen molar-refractivity contribution in [1.29, 1.82) is 0 Å². The van der Waals surface area contributed by atoms with Crippen molar-refractivity contribution >= 4 is 11.0 Å². The Balaban J connectivity index is 1.94. The Morgan fingerprint density at radius 2 is 1.71 bits per heavy atom. The minimum atomic E-state index is -0.328. The van der Waals surface area contributed by atoms with Gasteiger partial charge in [-0.15, -0.1) is 0 Å². The first kappa shape index (κ1) is 22.6. The molecule has 1 heterocycles. The Labute approximate surface area is 180 Å². The summed E-state index contributed by atoms with van der Waals surface area (Å²) in [6.07, 6.45) is 1.27. The van der Waals surface area contributed by atoms with Crippen molar-refractivity contribution in [1.82, 2.24) is 4.90 Å². The van der Waals surface area contributed by atoms with Crippen molar-refractivity contribution in [3.05, 3.63) is 58.4 Å². The van der Waals surface area contributed by atoms with Gasteiger partial charge in [-0.05, 0) is 24.3 Å². The van der Waals surface area contributed by atoms with E-state index in [4.69, 9.17) is 23.4 Å². The van der Waals surface area contributed by atoms with Gasteiger partial charge in [0.05, 0.1) is 31.3 Å². The lowest BCUT2D eigenvalue weighted by molar-refractivity contribution is 0.110. The van der Waals surface area contributed by atoms with Gasteiger partial charge in [-0.25, -0.2) is 0 Å². The molecular formula is C23H27NO7. The van der Waals surface area contributed by atoms with Gasteiger partial charge in [-0.3, -0.25) is 9.69 Å². The van der Waals surface area contributed by atoms with Gasteiger partial charge >= 0.3 is 0 Å². The predicted molar refractivity (Wildman–Crippen MR) is 116 cm³/mol. The van der Waals surface area contributed by atoms with Crippen molar-refractivity contribution in [2.75, 3.05) is 47.6 Å². The summed E-state index contributed by atoms with van der Waals surface area (Å²) >= 11 is 0. The van der Waals surface area contributed by atoms with E-state index in [1.165, 1.54) is 18.4 Å². The minimum absolute atomic E-state index is 0.0491. The molecule has 0 saturated carbocycles. The van der Waals surface area contributed by atoms with Crippen LogP contribution in [0.15, 0.2) is 51.9 Å². The summed E-state index contributed by atoms with van der Waals surface area (Å²) in [6.45, 7) is 2.69. The second-order valence-electron chi connectivity index (χ2n) is 6.91. The normalized spacial score (nSPS) is 11.2. The van der Waals surface area contributed by atoms with Gasteiger partial charge < -0.3 is 28.5 Å². The van der Waals surface area contributed by atoms with Crippen LogP contribution in [0.1, 0.15) is 5.56 Å². The van der Waals surface area contributed by atoms with Crippen molar-refractivity contribution in [2.24, 2.45) is 0 Å². The molecule has 8 heteroatoms. The lowest BCUT2D eigenvalue weighted by Gasteiger charge is -2.22. The monoisotopic (exact) mass is 429 g/mol. The second kappa shape index (κ2) is 10.8. The molecule has 0 aliphatic heterocycles. The van der Waals surface area contributed by atoms with Crippen LogP contribution in [0.5, 0.6) is 23.0 Å². The SMILES string of the molecule is COCCN(CCOC)Cc1c(O)ccc2c(=O)c(Oc3cccc(OC)c3)coc12. The van der Waals surface area contributed by atoms with Gasteiger partial charge in [0.2, 0.25) is 11.2 Å². The molecule has 0 unspecified atom stereocenters. The van der Waals surface area contributed by atoms with E-state index in [0.717, 1.165) is 0 Å². The van der Waals surface area contributed by atoms with Gasteiger partial charge in [0.25, 0.3) is 0 Å². The fourth-order valence-electron chi connectivity index (χ4n) is 3.18. The fourth-order valence-corrected chi connectivity index (χ4v) is 3.18. The third-order valence-electron chi connectivity index (χ3n) is 4.86. The van der Waals surface area contributed by atoms with E-state index in [1.54, 1.807) is 45.6 Å². The first-order chi connectivity index (χ1) is 15.1. The highest BCUT2D eigenvalue weighted by molar-refractivity contribution is 5.83. The lowest BCUT2D eigenvalue weighted by atomic mass is 10.1. The van der Waals surface area contributed by atoms with Crippen molar-refractivity contribution in [2.45, 2.75) is 6.54 Å². The molecule has 0 aliphatic carbocycles. The number of hydrogen-bond donors (Lipinski definition) is 1. The number of ether oxygens (including phenoxy) is 4. The molecule has 0 radical (unpaired) electrons. The summed E-state index contributed by atoms with van der Waals surface area (Å²) in [5.74, 6) is 1.17. The zero-order valence-electron chi connectivity index (χ0n) is 17.9. The average Bonchev–Trinajstić information content (AvgIpc) is 2.79. The third-order valence-corrected chi connectivity index (χ3v) is 4.86. The van der Waals surface area contributed by atoms with Gasteiger partial charge in [0.15, 0.2) is 0 Å². The Hall–Kier alpha value is -3.07. The summed E-state index contributed by atoms with van der Waals surface area (Å²) < 4.78 is 27.0. The number of methoxy groups -OCH3 is 3. The smallest absolute Gasteiger partial charge is 0.235 e. The summed E-state index contributed by atoms with van der Waals surface area (Å²) in [6, 6.07) is 9.97. The van der Waals surface area contributed by atoms with E-state index >= 15 is 0 Å². The van der Waals surface area contributed by atoms with Crippen molar-refractivity contribution in [3.63, 3.8) is 0 Å². The first-order valence-corrected chi connectivity index (χ1v) is 9.85. The molecule has 166 valence electrons. The fraction of sp³-hybridized carbons (Fsp3) is 0.348. The zero-order valence-corrected chi connectivity index (χ0v) is 17.9. The largest absolute Gasteiger partial charge is 0.507 e. The van der Waals surface area contributed by atoms with Gasteiger partial charge in [-0.1, -0.05) is 6.07 Å². The number of rotatable bonds is 11. The Morgan fingerprint density at radius 1 is 1.00 bits per heavy atom. The number of fused-ring (bicyclic) bond motifs is 1. The zero-order chi connectivity index (χ0) is 22.2. The Morgan fingerprint density at radius 3 is 2.39 bits per heavy atom. The number of aromatic hydroxyl groups is 1. The van der Waals surface area contributed by atoms with E-state index in [0.29, 0.717) is 60.9 Å². The molecule has 0 aliphatic rings. The van der Waals surface area contributed by atoms with Gasteiger partial charge in [-0.2, -0.15) is 0 Å². The van der Waals surface area contributed by atoms with Crippen LogP contribution in [0.3, 0.4) is 0 Å². The molecule has 3 rings (SSSR count). The van der Waals surface area contributed by atoms with E-state index in [9.17, 15) is 9.90 Å². The molecule has 0 bridgehead atoms. The molecule has 0 spiro atoms. The highest BCUT2D eigenvalue weighted by atomic mass is 16.5. The number of hydrogen-bond acceptors (Lipinski definition) is 8. The molecule has 0 amide bonds. The average molecular weight is 429 g/mol. The molecular weight excluding hydrogens is 402 g/mol. The highest BCUT2D eigenvalue weighted by Gasteiger charge is 2.18. The summed E-state index contributed by atoms with van der Waals surface area (Å²) in [7, 11) is 4.82. The van der Waals surface area contributed by atoms with E-state index in [2.05, 4.69) is 4.90 Å². The first-order valence-electron chi connectivity index (χ1n) is 9.85. The van der Waals surface area contributed by atoms with Crippen LogP contribution in [0.2, 0.25) is 0 Å². The lowest BCUT2D eigenvalue weighted by Crippen LogP contribution is -2.30. The molecule has 8 nitrogen and oxygen atoms in total. The summed E-state index contributed by atoms with van der Waals surface area (Å²) in [4.78, 5) is 15.1. The maximum atomic E-state index is 13.0. The minimum Gasteiger partial charge on any atom is -0.507 e. The van der Waals surface area contributed by atoms with Crippen molar-refractivity contribution in [3.8, 4) is 23.0 Å². The quantitative estimate of drug-likeness (QED) is 0.496. The molecule has 1 aromatic heterocycles. The number of nitrogens with zero attached hydrogens (tertiary/aromatic N) is 1. The van der Waals surface area contributed by atoms with Crippen molar-refractivity contribution < 1.29 is 28.5 Å². The Kier molecular flexibility index (Phi) is 7.88. The van der Waals surface area contributed by atoms with Crippen LogP contribution in [0, 0.1) is 0 Å². The van der Waals surface area contributed by atoms with E-state index in [-0.39, 0.29) is 16.9 Å².